The number of nitrogens with one attached hydrogen (secondary N) is 3. The van der Waals surface area contributed by atoms with Gasteiger partial charge in [-0.05, 0) is 75.1 Å². The van der Waals surface area contributed by atoms with Crippen LogP contribution in [0.5, 0.6) is 11.6 Å². The molecule has 3 fully saturated rings. The fraction of sp³-hybridized carbons (Fsp3) is 0.583. The summed E-state index contributed by atoms with van der Waals surface area (Å²) in [6.45, 7) is 11.0. The van der Waals surface area contributed by atoms with Crippen LogP contribution in [-0.4, -0.2) is 96.9 Å². The van der Waals surface area contributed by atoms with Crippen LogP contribution in [0.3, 0.4) is 0 Å². The molecule has 3 aliphatic rings. The second kappa shape index (κ2) is 14.5. The van der Waals surface area contributed by atoms with E-state index in [4.69, 9.17) is 18.4 Å². The van der Waals surface area contributed by atoms with Crippen molar-refractivity contribution in [1.29, 1.82) is 0 Å². The molecule has 0 radical (unpaired) electrons. The van der Waals surface area contributed by atoms with Crippen LogP contribution in [-0.2, 0) is 33.6 Å². The zero-order valence-electron chi connectivity index (χ0n) is 31.5. The third-order valence-electron chi connectivity index (χ3n) is 10.0. The topological polar surface area (TPSA) is 192 Å². The van der Waals surface area contributed by atoms with Gasteiger partial charge in [-0.1, -0.05) is 26.8 Å². The standard InChI is InChI=1S/C36H46F3N5O10S/c1-9-21-18-35(21,30(47)43-55(49,50)54-34(7)13-14-34)42-27(45)25-17-23(52-28-24-11-10-22(51-8)16-20(24)12-15-40-28)19-44(25)29(46)26(32(2,3)4)41-31(48)53-33(5,6)36(37,38)39/h9-12,15-16,21,23,25-26H,1,13-14,17-19H2,2-8H3,(H,41,48)(H,42,45)(H,43,47)/t21-,23?,25+,26-,35-/m1/s1. The lowest BCUT2D eigenvalue weighted by atomic mass is 9.85. The first kappa shape index (κ1) is 41.5. The average Bonchev–Trinajstić information content (AvgIpc) is 3.93. The highest BCUT2D eigenvalue weighted by molar-refractivity contribution is 7.85. The minimum absolute atomic E-state index is 0.0160. The Kier molecular flexibility index (Phi) is 10.9. The Morgan fingerprint density at radius 1 is 1.09 bits per heavy atom. The number of ether oxygens (including phenoxy) is 3. The molecule has 1 aliphatic heterocycles. The Bertz CT molecular complexity index is 1980. The summed E-state index contributed by atoms with van der Waals surface area (Å²) < 4.78 is 89.4. The lowest BCUT2D eigenvalue weighted by Gasteiger charge is -2.36. The van der Waals surface area contributed by atoms with Gasteiger partial charge < -0.3 is 29.7 Å². The Balaban J connectivity index is 1.44. The smallest absolute Gasteiger partial charge is 0.427 e. The molecule has 3 N–H and O–H groups in total. The second-order valence-corrected chi connectivity index (χ2v) is 17.2. The summed E-state index contributed by atoms with van der Waals surface area (Å²) in [6, 6.07) is 4.01. The number of hydrogen-bond donors (Lipinski definition) is 3. The second-order valence-electron chi connectivity index (χ2n) is 16.0. The van der Waals surface area contributed by atoms with E-state index < -0.39 is 86.6 Å². The van der Waals surface area contributed by atoms with Crippen molar-refractivity contribution in [3.63, 3.8) is 0 Å². The number of benzene rings is 1. The number of amides is 4. The van der Waals surface area contributed by atoms with E-state index in [1.54, 1.807) is 52.0 Å². The number of rotatable bonds is 13. The van der Waals surface area contributed by atoms with Gasteiger partial charge in [0.1, 0.15) is 29.5 Å². The number of hydrogen-bond acceptors (Lipinski definition) is 11. The number of nitrogens with zero attached hydrogens (tertiary/aromatic N) is 2. The zero-order chi connectivity index (χ0) is 40.9. The molecule has 1 unspecified atom stereocenters. The van der Waals surface area contributed by atoms with Crippen LogP contribution in [0.15, 0.2) is 43.1 Å². The van der Waals surface area contributed by atoms with E-state index >= 15 is 0 Å². The Morgan fingerprint density at radius 3 is 2.33 bits per heavy atom. The summed E-state index contributed by atoms with van der Waals surface area (Å²) in [5.41, 5.74) is -6.74. The van der Waals surface area contributed by atoms with Gasteiger partial charge in [0, 0.05) is 23.9 Å². The van der Waals surface area contributed by atoms with Crippen molar-refractivity contribution in [1.82, 2.24) is 25.2 Å². The van der Waals surface area contributed by atoms with Gasteiger partial charge in [0.2, 0.25) is 23.3 Å². The predicted molar refractivity (Wildman–Crippen MR) is 191 cm³/mol. The quantitative estimate of drug-likeness (QED) is 0.248. The number of pyridine rings is 1. The zero-order valence-corrected chi connectivity index (χ0v) is 32.4. The van der Waals surface area contributed by atoms with E-state index in [0.29, 0.717) is 43.2 Å². The molecule has 1 aromatic carbocycles. The van der Waals surface area contributed by atoms with E-state index in [0.717, 1.165) is 4.90 Å². The van der Waals surface area contributed by atoms with E-state index in [1.165, 1.54) is 19.4 Å². The number of likely N-dealkylation sites (tertiary alicyclic amines) is 1. The summed E-state index contributed by atoms with van der Waals surface area (Å²) >= 11 is 0. The van der Waals surface area contributed by atoms with Crippen molar-refractivity contribution in [2.24, 2.45) is 11.3 Å². The highest BCUT2D eigenvalue weighted by atomic mass is 32.2. The molecule has 15 nitrogen and oxygen atoms in total. The molecule has 5 atom stereocenters. The van der Waals surface area contributed by atoms with Gasteiger partial charge in [-0.2, -0.15) is 21.6 Å². The molecule has 0 spiro atoms. The molecular weight excluding hydrogens is 751 g/mol. The van der Waals surface area contributed by atoms with Gasteiger partial charge in [0.05, 0.1) is 19.3 Å². The first-order chi connectivity index (χ1) is 25.3. The predicted octanol–water partition coefficient (Wildman–Crippen LogP) is 4.06. The molecular formula is C36H46F3N5O10S. The van der Waals surface area contributed by atoms with Crippen LogP contribution in [0.2, 0.25) is 0 Å². The highest BCUT2D eigenvalue weighted by Crippen LogP contribution is 2.46. The fourth-order valence-corrected chi connectivity index (χ4v) is 7.37. The number of carbonyl (C=O) groups excluding carboxylic acids is 4. The van der Waals surface area contributed by atoms with Crippen LogP contribution in [0.1, 0.15) is 67.2 Å². The molecule has 302 valence electrons. The Morgan fingerprint density at radius 2 is 1.76 bits per heavy atom. The van der Waals surface area contributed by atoms with E-state index in [9.17, 15) is 40.8 Å². The van der Waals surface area contributed by atoms with E-state index in [-0.39, 0.29) is 25.3 Å². The SMILES string of the molecule is C=C[C@@H]1C[C@]1(NC(=O)[C@@H]1CC(Oc2nccc3cc(OC)ccc23)CN1C(=O)[C@@H](NC(=O)OC(C)(C)C(F)(F)F)C(C)(C)C)C(=O)NS(=O)(=O)OC1(C)CC1. The Labute approximate surface area is 316 Å². The van der Waals surface area contributed by atoms with Crippen LogP contribution in [0, 0.1) is 11.3 Å². The van der Waals surface area contributed by atoms with Gasteiger partial charge >= 0.3 is 22.6 Å². The molecule has 2 aromatic rings. The molecule has 0 bridgehead atoms. The van der Waals surface area contributed by atoms with E-state index in [2.05, 4.69) is 22.2 Å². The number of fused-ring (bicyclic) bond motifs is 1. The lowest BCUT2D eigenvalue weighted by Crippen LogP contribution is -2.60. The van der Waals surface area contributed by atoms with Crippen molar-refractivity contribution in [3.05, 3.63) is 43.1 Å². The van der Waals surface area contributed by atoms with Crippen LogP contribution < -0.4 is 24.8 Å². The maximum Gasteiger partial charge on any atom is 0.427 e. The molecule has 4 amide bonds. The fourth-order valence-electron chi connectivity index (χ4n) is 6.22. The summed E-state index contributed by atoms with van der Waals surface area (Å²) in [4.78, 5) is 60.5. The summed E-state index contributed by atoms with van der Waals surface area (Å²) in [5, 5.41) is 6.19. The van der Waals surface area contributed by atoms with Crippen LogP contribution in [0.4, 0.5) is 18.0 Å². The first-order valence-electron chi connectivity index (χ1n) is 17.5. The average molecular weight is 798 g/mol. The maximum absolute atomic E-state index is 14.4. The van der Waals surface area contributed by atoms with Crippen molar-refractivity contribution in [3.8, 4) is 11.6 Å². The molecule has 55 heavy (non-hydrogen) atoms. The number of carbonyl (C=O) groups is 4. The number of methoxy groups -OCH3 is 1. The molecule has 19 heteroatoms. The summed E-state index contributed by atoms with van der Waals surface area (Å²) in [6.07, 6.45) is -3.70. The first-order valence-corrected chi connectivity index (χ1v) is 18.9. The van der Waals surface area contributed by atoms with Gasteiger partial charge in [-0.3, -0.25) is 14.4 Å². The van der Waals surface area contributed by atoms with E-state index in [1.807, 2.05) is 4.72 Å². The van der Waals surface area contributed by atoms with Crippen LogP contribution in [0.25, 0.3) is 10.8 Å². The highest BCUT2D eigenvalue weighted by Gasteiger charge is 2.62. The maximum atomic E-state index is 14.4. The number of aromatic nitrogens is 1. The summed E-state index contributed by atoms with van der Waals surface area (Å²) in [7, 11) is -3.05. The van der Waals surface area contributed by atoms with Crippen LogP contribution >= 0.6 is 0 Å². The molecule has 2 aliphatic carbocycles. The Hall–Kier alpha value is -4.65. The molecule has 2 heterocycles. The largest absolute Gasteiger partial charge is 0.497 e. The molecule has 2 saturated carbocycles. The van der Waals surface area contributed by atoms with Crippen molar-refractivity contribution >= 4 is 44.9 Å². The number of alkyl halides is 3. The third kappa shape index (κ3) is 9.09. The van der Waals surface area contributed by atoms with Crippen molar-refractivity contribution < 1.29 is 59.2 Å². The normalized spacial score (nSPS) is 24.0. The van der Waals surface area contributed by atoms with Crippen molar-refractivity contribution in [2.45, 2.75) is 108 Å². The molecule has 1 aromatic heterocycles. The van der Waals surface area contributed by atoms with Gasteiger partial charge in [-0.15, -0.1) is 6.58 Å². The third-order valence-corrected chi connectivity index (χ3v) is 11.1. The van der Waals surface area contributed by atoms with Gasteiger partial charge in [0.15, 0.2) is 0 Å². The minimum Gasteiger partial charge on any atom is -0.497 e. The number of halogens is 3. The van der Waals surface area contributed by atoms with Crippen molar-refractivity contribution in [2.75, 3.05) is 13.7 Å². The molecule has 5 rings (SSSR count). The summed E-state index contributed by atoms with van der Waals surface area (Å²) in [5.74, 6) is -2.74. The van der Waals surface area contributed by atoms with Gasteiger partial charge in [0.25, 0.3) is 5.91 Å². The van der Waals surface area contributed by atoms with Gasteiger partial charge in [-0.25, -0.2) is 18.7 Å². The monoisotopic (exact) mass is 797 g/mol. The number of alkyl carbamates (subject to hydrolysis) is 1. The molecule has 1 saturated heterocycles. The minimum atomic E-state index is -4.93. The lowest BCUT2D eigenvalue weighted by molar-refractivity contribution is -0.244.